The molecular formula is C21H15ClFNO3. The van der Waals surface area contributed by atoms with E-state index in [2.05, 4.69) is 5.32 Å². The molecule has 27 heavy (non-hydrogen) atoms. The summed E-state index contributed by atoms with van der Waals surface area (Å²) in [5, 5.41) is 3.01. The van der Waals surface area contributed by atoms with Gasteiger partial charge in [-0.15, -0.1) is 0 Å². The zero-order valence-electron chi connectivity index (χ0n) is 14.3. The average molecular weight is 384 g/mol. The van der Waals surface area contributed by atoms with Crippen molar-refractivity contribution in [2.45, 2.75) is 0 Å². The summed E-state index contributed by atoms with van der Waals surface area (Å²) in [5.41, 5.74) is 1.10. The molecule has 0 atom stereocenters. The third-order valence-corrected chi connectivity index (χ3v) is 4.16. The van der Waals surface area contributed by atoms with Crippen LogP contribution in [0.2, 0.25) is 5.02 Å². The van der Waals surface area contributed by atoms with Crippen LogP contribution < -0.4 is 10.1 Å². The number of rotatable bonds is 5. The number of hydrogen-bond acceptors (Lipinski definition) is 3. The van der Waals surface area contributed by atoms with E-state index in [1.807, 2.05) is 0 Å². The van der Waals surface area contributed by atoms with Crippen molar-refractivity contribution in [3.8, 4) is 5.75 Å². The number of hydrogen-bond donors (Lipinski definition) is 1. The van der Waals surface area contributed by atoms with Gasteiger partial charge in [-0.2, -0.15) is 0 Å². The predicted octanol–water partition coefficient (Wildman–Crippen LogP) is 4.97. The van der Waals surface area contributed by atoms with Crippen molar-refractivity contribution in [2.75, 3.05) is 12.4 Å². The van der Waals surface area contributed by atoms with Gasteiger partial charge in [0.15, 0.2) is 17.3 Å². The third kappa shape index (κ3) is 4.15. The van der Waals surface area contributed by atoms with E-state index in [4.69, 9.17) is 16.3 Å². The number of methoxy groups -OCH3 is 1. The second-order valence-electron chi connectivity index (χ2n) is 5.69. The van der Waals surface area contributed by atoms with E-state index in [-0.39, 0.29) is 28.3 Å². The highest BCUT2D eigenvalue weighted by Crippen LogP contribution is 2.25. The molecule has 0 heterocycles. The van der Waals surface area contributed by atoms with Crippen LogP contribution in [0.3, 0.4) is 0 Å². The molecule has 3 aromatic carbocycles. The zero-order chi connectivity index (χ0) is 19.4. The van der Waals surface area contributed by atoms with E-state index < -0.39 is 11.7 Å². The number of carbonyl (C=O) groups excluding carboxylic acids is 2. The maximum atomic E-state index is 13.9. The first-order valence-electron chi connectivity index (χ1n) is 8.04. The molecule has 0 spiro atoms. The van der Waals surface area contributed by atoms with Crippen LogP contribution in [-0.2, 0) is 0 Å². The quantitative estimate of drug-likeness (QED) is 0.633. The predicted molar refractivity (Wildman–Crippen MR) is 102 cm³/mol. The van der Waals surface area contributed by atoms with Crippen LogP contribution in [-0.4, -0.2) is 18.8 Å². The minimum absolute atomic E-state index is 0.0398. The van der Waals surface area contributed by atoms with Gasteiger partial charge in [0.1, 0.15) is 0 Å². The normalized spacial score (nSPS) is 10.3. The summed E-state index contributed by atoms with van der Waals surface area (Å²) in [4.78, 5) is 25.3. The summed E-state index contributed by atoms with van der Waals surface area (Å²) in [7, 11) is 1.34. The molecular weight excluding hydrogens is 369 g/mol. The van der Waals surface area contributed by atoms with Crippen molar-refractivity contribution in [1.82, 2.24) is 0 Å². The lowest BCUT2D eigenvalue weighted by Gasteiger charge is -2.12. The van der Waals surface area contributed by atoms with Crippen LogP contribution in [0.15, 0.2) is 66.7 Å². The summed E-state index contributed by atoms with van der Waals surface area (Å²) in [5.74, 6) is -1.45. The SMILES string of the molecule is COc1ccc(C(=O)Nc2ccc(Cl)cc2C(=O)c2ccccc2)cc1F. The van der Waals surface area contributed by atoms with Crippen molar-refractivity contribution in [3.05, 3.63) is 94.3 Å². The molecule has 0 saturated heterocycles. The zero-order valence-corrected chi connectivity index (χ0v) is 15.1. The lowest BCUT2D eigenvalue weighted by atomic mass is 10.0. The van der Waals surface area contributed by atoms with E-state index in [1.165, 1.54) is 31.4 Å². The molecule has 3 rings (SSSR count). The minimum atomic E-state index is -0.651. The number of ether oxygens (including phenoxy) is 1. The van der Waals surface area contributed by atoms with Crippen LogP contribution in [0.4, 0.5) is 10.1 Å². The molecule has 0 radical (unpaired) electrons. The molecule has 0 aromatic heterocycles. The summed E-state index contributed by atoms with van der Waals surface area (Å²) < 4.78 is 18.7. The second-order valence-corrected chi connectivity index (χ2v) is 6.12. The van der Waals surface area contributed by atoms with Gasteiger partial charge in [-0.05, 0) is 36.4 Å². The smallest absolute Gasteiger partial charge is 0.255 e. The van der Waals surface area contributed by atoms with Crippen LogP contribution in [0.1, 0.15) is 26.3 Å². The minimum Gasteiger partial charge on any atom is -0.494 e. The Bertz CT molecular complexity index is 1010. The summed E-state index contributed by atoms with van der Waals surface area (Å²) in [6.07, 6.45) is 0. The molecule has 0 aliphatic rings. The lowest BCUT2D eigenvalue weighted by molar-refractivity contribution is 0.102. The van der Waals surface area contributed by atoms with Crippen molar-refractivity contribution in [2.24, 2.45) is 0 Å². The van der Waals surface area contributed by atoms with E-state index >= 15 is 0 Å². The monoisotopic (exact) mass is 383 g/mol. The Balaban J connectivity index is 1.92. The Kier molecular flexibility index (Phi) is 5.52. The van der Waals surface area contributed by atoms with E-state index in [9.17, 15) is 14.0 Å². The Labute approximate surface area is 160 Å². The number of carbonyl (C=O) groups is 2. The summed E-state index contributed by atoms with van der Waals surface area (Å²) >= 11 is 6.03. The van der Waals surface area contributed by atoms with Crippen molar-refractivity contribution >= 4 is 29.0 Å². The Morgan fingerprint density at radius 3 is 2.37 bits per heavy atom. The molecule has 0 aliphatic carbocycles. The van der Waals surface area contributed by atoms with Gasteiger partial charge in [-0.1, -0.05) is 41.9 Å². The molecule has 0 bridgehead atoms. The van der Waals surface area contributed by atoms with Gasteiger partial charge in [0, 0.05) is 21.7 Å². The van der Waals surface area contributed by atoms with Crippen LogP contribution >= 0.6 is 11.6 Å². The third-order valence-electron chi connectivity index (χ3n) is 3.92. The maximum absolute atomic E-state index is 13.9. The van der Waals surface area contributed by atoms with Gasteiger partial charge in [0.2, 0.25) is 0 Å². The fraction of sp³-hybridized carbons (Fsp3) is 0.0476. The van der Waals surface area contributed by atoms with Gasteiger partial charge in [0.25, 0.3) is 5.91 Å². The highest BCUT2D eigenvalue weighted by Gasteiger charge is 2.17. The first kappa shape index (κ1) is 18.6. The fourth-order valence-electron chi connectivity index (χ4n) is 2.56. The number of ketones is 1. The Morgan fingerprint density at radius 2 is 1.70 bits per heavy atom. The lowest BCUT2D eigenvalue weighted by Crippen LogP contribution is -2.15. The van der Waals surface area contributed by atoms with Crippen LogP contribution in [0, 0.1) is 5.82 Å². The van der Waals surface area contributed by atoms with Gasteiger partial charge < -0.3 is 10.1 Å². The highest BCUT2D eigenvalue weighted by molar-refractivity contribution is 6.31. The van der Waals surface area contributed by atoms with Crippen LogP contribution in [0.25, 0.3) is 0 Å². The number of anilines is 1. The van der Waals surface area contributed by atoms with Crippen LogP contribution in [0.5, 0.6) is 5.75 Å². The second kappa shape index (κ2) is 8.01. The number of nitrogens with one attached hydrogen (secondary N) is 1. The molecule has 0 saturated carbocycles. The summed E-state index contributed by atoms with van der Waals surface area (Å²) in [6, 6.07) is 17.1. The van der Waals surface area contributed by atoms with Gasteiger partial charge in [-0.3, -0.25) is 9.59 Å². The largest absolute Gasteiger partial charge is 0.494 e. The molecule has 4 nitrogen and oxygen atoms in total. The van der Waals surface area contributed by atoms with Crippen molar-refractivity contribution < 1.29 is 18.7 Å². The first-order chi connectivity index (χ1) is 13.0. The first-order valence-corrected chi connectivity index (χ1v) is 8.41. The molecule has 0 unspecified atom stereocenters. The number of halogens is 2. The molecule has 3 aromatic rings. The molecule has 136 valence electrons. The molecule has 0 aliphatic heterocycles. The molecule has 0 fully saturated rings. The summed E-state index contributed by atoms with van der Waals surface area (Å²) in [6.45, 7) is 0. The van der Waals surface area contributed by atoms with E-state index in [0.717, 1.165) is 6.07 Å². The van der Waals surface area contributed by atoms with Gasteiger partial charge >= 0.3 is 0 Å². The standard InChI is InChI=1S/C21H15ClFNO3/c1-27-19-10-7-14(11-17(19)23)21(26)24-18-9-8-15(22)12-16(18)20(25)13-5-3-2-4-6-13/h2-12H,1H3,(H,24,26). The van der Waals surface area contributed by atoms with E-state index in [0.29, 0.717) is 10.6 Å². The fourth-order valence-corrected chi connectivity index (χ4v) is 2.73. The Hall–Kier alpha value is -3.18. The molecule has 1 amide bonds. The van der Waals surface area contributed by atoms with Gasteiger partial charge in [0.05, 0.1) is 12.8 Å². The highest BCUT2D eigenvalue weighted by atomic mass is 35.5. The number of benzene rings is 3. The van der Waals surface area contributed by atoms with Gasteiger partial charge in [-0.25, -0.2) is 4.39 Å². The topological polar surface area (TPSA) is 55.4 Å². The average Bonchev–Trinajstić information content (AvgIpc) is 2.69. The van der Waals surface area contributed by atoms with Crippen molar-refractivity contribution in [1.29, 1.82) is 0 Å². The maximum Gasteiger partial charge on any atom is 0.255 e. The Morgan fingerprint density at radius 1 is 0.963 bits per heavy atom. The van der Waals surface area contributed by atoms with Crippen molar-refractivity contribution in [3.63, 3.8) is 0 Å². The molecule has 1 N–H and O–H groups in total. The molecule has 6 heteroatoms. The number of amides is 1. The van der Waals surface area contributed by atoms with E-state index in [1.54, 1.807) is 36.4 Å².